The van der Waals surface area contributed by atoms with Crippen molar-refractivity contribution in [3.8, 4) is 16.9 Å². The summed E-state index contributed by atoms with van der Waals surface area (Å²) in [6.45, 7) is 8.52. The highest BCUT2D eigenvalue weighted by Gasteiger charge is 2.17. The second-order valence-corrected chi connectivity index (χ2v) is 9.38. The van der Waals surface area contributed by atoms with E-state index in [1.165, 1.54) is 11.1 Å². The number of para-hydroxylation sites is 1. The summed E-state index contributed by atoms with van der Waals surface area (Å²) in [4.78, 5) is 18.3. The lowest BCUT2D eigenvalue weighted by Gasteiger charge is -2.12. The van der Waals surface area contributed by atoms with Crippen LogP contribution in [0, 0.1) is 6.92 Å². The van der Waals surface area contributed by atoms with E-state index in [4.69, 9.17) is 4.98 Å². The molecular weight excluding hydrogens is 444 g/mol. The van der Waals surface area contributed by atoms with Crippen LogP contribution in [0.2, 0.25) is 0 Å². The number of rotatable bonds is 6. The molecule has 0 saturated heterocycles. The minimum Gasteiger partial charge on any atom is -0.322 e. The van der Waals surface area contributed by atoms with Crippen LogP contribution in [0.5, 0.6) is 0 Å². The zero-order chi connectivity index (χ0) is 25.2. The van der Waals surface area contributed by atoms with E-state index in [1.54, 1.807) is 0 Å². The highest BCUT2D eigenvalue weighted by molar-refractivity contribution is 6.13. The van der Waals surface area contributed by atoms with Gasteiger partial charge in [0.15, 0.2) is 0 Å². The molecule has 0 unspecified atom stereocenters. The molecule has 5 rings (SSSR count). The van der Waals surface area contributed by atoms with Crippen molar-refractivity contribution in [1.82, 2.24) is 14.8 Å². The van der Waals surface area contributed by atoms with Gasteiger partial charge in [0, 0.05) is 16.6 Å². The number of amides is 1. The molecule has 1 amide bonds. The number of anilines is 1. The molecule has 0 bridgehead atoms. The molecular formula is C31H30N4O. The van der Waals surface area contributed by atoms with Gasteiger partial charge in [0.25, 0.3) is 5.91 Å². The Kier molecular flexibility index (Phi) is 6.38. The van der Waals surface area contributed by atoms with Gasteiger partial charge in [-0.25, -0.2) is 9.67 Å². The number of aromatic nitrogens is 3. The van der Waals surface area contributed by atoms with Crippen LogP contribution >= 0.6 is 0 Å². The number of carbonyl (C=O) groups is 1. The number of hydrogen-bond donors (Lipinski definition) is 1. The average Bonchev–Trinajstić information content (AvgIpc) is 3.29. The van der Waals surface area contributed by atoms with E-state index < -0.39 is 0 Å². The van der Waals surface area contributed by atoms with Gasteiger partial charge in [-0.1, -0.05) is 63.2 Å². The monoisotopic (exact) mass is 474 g/mol. The zero-order valence-electron chi connectivity index (χ0n) is 21.1. The van der Waals surface area contributed by atoms with E-state index in [0.717, 1.165) is 45.6 Å². The number of carbonyl (C=O) groups excluding carboxylic acids is 1. The number of benzene rings is 3. The SMILES string of the molecule is CCc1ccc(NC(=O)c2cc(-c3cnn(-c4ccc(C(C)C)cc4)c3C)nc3ccccc23)cc1. The first kappa shape index (κ1) is 23.5. The van der Waals surface area contributed by atoms with Crippen LogP contribution in [0.25, 0.3) is 27.8 Å². The summed E-state index contributed by atoms with van der Waals surface area (Å²) in [5.41, 5.74) is 8.25. The van der Waals surface area contributed by atoms with Gasteiger partial charge in [-0.15, -0.1) is 0 Å². The van der Waals surface area contributed by atoms with Crippen molar-refractivity contribution in [3.05, 3.63) is 107 Å². The lowest BCUT2D eigenvalue weighted by Crippen LogP contribution is -2.13. The summed E-state index contributed by atoms with van der Waals surface area (Å²) in [6.07, 6.45) is 2.79. The summed E-state index contributed by atoms with van der Waals surface area (Å²) >= 11 is 0. The van der Waals surface area contributed by atoms with Gasteiger partial charge in [0.2, 0.25) is 0 Å². The molecule has 2 heterocycles. The Bertz CT molecular complexity index is 1530. The third kappa shape index (κ3) is 4.52. The molecule has 1 N–H and O–H groups in total. The Morgan fingerprint density at radius 1 is 0.972 bits per heavy atom. The largest absolute Gasteiger partial charge is 0.322 e. The Morgan fingerprint density at radius 3 is 2.39 bits per heavy atom. The summed E-state index contributed by atoms with van der Waals surface area (Å²) in [6, 6.07) is 26.1. The molecule has 0 aliphatic heterocycles. The van der Waals surface area contributed by atoms with Gasteiger partial charge in [-0.05, 0) is 66.8 Å². The number of aryl methyl sites for hydroxylation is 1. The van der Waals surface area contributed by atoms with Crippen LogP contribution in [0.4, 0.5) is 5.69 Å². The van der Waals surface area contributed by atoms with E-state index in [2.05, 4.69) is 55.5 Å². The van der Waals surface area contributed by atoms with E-state index in [0.29, 0.717) is 11.5 Å². The maximum absolute atomic E-state index is 13.4. The van der Waals surface area contributed by atoms with Crippen molar-refractivity contribution in [2.45, 2.75) is 40.0 Å². The predicted octanol–water partition coefficient (Wildman–Crippen LogP) is 7.33. The smallest absolute Gasteiger partial charge is 0.256 e. The Morgan fingerprint density at radius 2 is 1.69 bits per heavy atom. The molecule has 36 heavy (non-hydrogen) atoms. The molecule has 0 atom stereocenters. The lowest BCUT2D eigenvalue weighted by molar-refractivity contribution is 0.102. The molecule has 0 aliphatic rings. The number of pyridine rings is 1. The fourth-order valence-corrected chi connectivity index (χ4v) is 4.45. The molecule has 3 aromatic carbocycles. The first-order chi connectivity index (χ1) is 17.4. The predicted molar refractivity (Wildman–Crippen MR) is 147 cm³/mol. The van der Waals surface area contributed by atoms with Crippen LogP contribution in [0.3, 0.4) is 0 Å². The summed E-state index contributed by atoms with van der Waals surface area (Å²) in [5, 5.41) is 8.52. The number of hydrogen-bond acceptors (Lipinski definition) is 3. The molecule has 0 spiro atoms. The van der Waals surface area contributed by atoms with Crippen molar-refractivity contribution in [2.75, 3.05) is 5.32 Å². The Hall–Kier alpha value is -4.25. The van der Waals surface area contributed by atoms with Crippen LogP contribution in [0.1, 0.15) is 53.9 Å². The first-order valence-corrected chi connectivity index (χ1v) is 12.4. The Labute approximate surface area is 211 Å². The molecule has 0 aliphatic carbocycles. The normalized spacial score (nSPS) is 11.2. The third-order valence-electron chi connectivity index (χ3n) is 6.67. The maximum atomic E-state index is 13.4. The van der Waals surface area contributed by atoms with E-state index in [9.17, 15) is 4.79 Å². The van der Waals surface area contributed by atoms with Gasteiger partial charge >= 0.3 is 0 Å². The second kappa shape index (κ2) is 9.78. The number of nitrogens with one attached hydrogen (secondary N) is 1. The topological polar surface area (TPSA) is 59.8 Å². The van der Waals surface area contributed by atoms with E-state index >= 15 is 0 Å². The molecule has 180 valence electrons. The van der Waals surface area contributed by atoms with Crippen molar-refractivity contribution >= 4 is 22.5 Å². The lowest BCUT2D eigenvalue weighted by atomic mass is 10.0. The van der Waals surface area contributed by atoms with Crippen molar-refractivity contribution in [2.24, 2.45) is 0 Å². The second-order valence-electron chi connectivity index (χ2n) is 9.38. The molecule has 5 nitrogen and oxygen atoms in total. The van der Waals surface area contributed by atoms with E-state index in [-0.39, 0.29) is 5.91 Å². The minimum absolute atomic E-state index is 0.159. The van der Waals surface area contributed by atoms with Gasteiger partial charge in [0.05, 0.1) is 34.4 Å². The fraction of sp³-hybridized carbons (Fsp3) is 0.194. The van der Waals surface area contributed by atoms with Crippen LogP contribution < -0.4 is 5.32 Å². The summed E-state index contributed by atoms with van der Waals surface area (Å²) in [7, 11) is 0. The van der Waals surface area contributed by atoms with Crippen molar-refractivity contribution in [1.29, 1.82) is 0 Å². The standard InChI is InChI=1S/C31H30N4O/c1-5-22-10-14-24(15-11-22)33-31(36)27-18-30(34-29-9-7-6-8-26(27)29)28-19-32-35(21(28)4)25-16-12-23(13-17-25)20(2)3/h6-20H,5H2,1-4H3,(H,33,36). The van der Waals surface area contributed by atoms with Crippen LogP contribution in [0.15, 0.2) is 85.1 Å². The first-order valence-electron chi connectivity index (χ1n) is 12.4. The van der Waals surface area contributed by atoms with Crippen molar-refractivity contribution in [3.63, 3.8) is 0 Å². The maximum Gasteiger partial charge on any atom is 0.256 e. The van der Waals surface area contributed by atoms with Gasteiger partial charge in [0.1, 0.15) is 0 Å². The summed E-state index contributed by atoms with van der Waals surface area (Å²) < 4.78 is 1.92. The molecule has 0 fully saturated rings. The molecule has 0 radical (unpaired) electrons. The summed E-state index contributed by atoms with van der Waals surface area (Å²) in [5.74, 6) is 0.317. The molecule has 5 heteroatoms. The average molecular weight is 475 g/mol. The van der Waals surface area contributed by atoms with E-state index in [1.807, 2.05) is 72.4 Å². The van der Waals surface area contributed by atoms with Gasteiger partial charge in [-0.3, -0.25) is 4.79 Å². The minimum atomic E-state index is -0.159. The fourth-order valence-electron chi connectivity index (χ4n) is 4.45. The quantitative estimate of drug-likeness (QED) is 0.280. The number of fused-ring (bicyclic) bond motifs is 1. The number of nitrogens with zero attached hydrogens (tertiary/aromatic N) is 3. The van der Waals surface area contributed by atoms with Crippen LogP contribution in [-0.2, 0) is 6.42 Å². The molecule has 0 saturated carbocycles. The molecule has 2 aromatic heterocycles. The molecule has 5 aromatic rings. The van der Waals surface area contributed by atoms with Gasteiger partial charge < -0.3 is 5.32 Å². The highest BCUT2D eigenvalue weighted by Crippen LogP contribution is 2.29. The highest BCUT2D eigenvalue weighted by atomic mass is 16.1. The third-order valence-corrected chi connectivity index (χ3v) is 6.67. The Balaban J connectivity index is 1.53. The van der Waals surface area contributed by atoms with Gasteiger partial charge in [-0.2, -0.15) is 5.10 Å². The zero-order valence-corrected chi connectivity index (χ0v) is 21.1. The van der Waals surface area contributed by atoms with Crippen LogP contribution in [-0.4, -0.2) is 20.7 Å². The van der Waals surface area contributed by atoms with Crippen molar-refractivity contribution < 1.29 is 4.79 Å².